The lowest BCUT2D eigenvalue weighted by molar-refractivity contribution is -0.408. The van der Waals surface area contributed by atoms with E-state index < -0.39 is 23.8 Å². The average molecular weight is 669 g/mol. The van der Waals surface area contributed by atoms with E-state index in [0.717, 1.165) is 36.2 Å². The molecule has 5 aliphatic rings. The topological polar surface area (TPSA) is 49.9 Å². The van der Waals surface area contributed by atoms with Crippen LogP contribution >= 0.6 is 0 Å². The Hall–Kier alpha value is -3.37. The molecule has 7 rings (SSSR count). The lowest BCUT2D eigenvalue weighted by Crippen LogP contribution is -2.50. The molecule has 2 aromatic rings. The maximum absolute atomic E-state index is 14.3. The number of amides is 1. The molecule has 0 aromatic heterocycles. The molecule has 2 aromatic carbocycles. The van der Waals surface area contributed by atoms with Crippen molar-refractivity contribution in [2.24, 2.45) is 17.3 Å². The summed E-state index contributed by atoms with van der Waals surface area (Å²) in [6, 6.07) is 17.6. The van der Waals surface area contributed by atoms with Crippen LogP contribution in [0.1, 0.15) is 79.3 Å². The van der Waals surface area contributed by atoms with Crippen molar-refractivity contribution < 1.29 is 36.3 Å². The van der Waals surface area contributed by atoms with Gasteiger partial charge >= 0.3 is 12.3 Å². The number of nitrogens with zero attached hydrogens (tertiary/aromatic N) is 2. The molecule has 5 nitrogen and oxygen atoms in total. The van der Waals surface area contributed by atoms with Crippen molar-refractivity contribution in [2.75, 3.05) is 26.2 Å². The third-order valence-corrected chi connectivity index (χ3v) is 11.7. The van der Waals surface area contributed by atoms with Gasteiger partial charge in [0.15, 0.2) is 5.78 Å². The highest BCUT2D eigenvalue weighted by Crippen LogP contribution is 2.65. The van der Waals surface area contributed by atoms with Crippen molar-refractivity contribution in [1.82, 2.24) is 9.80 Å². The van der Waals surface area contributed by atoms with Gasteiger partial charge in [0, 0.05) is 50.6 Å². The van der Waals surface area contributed by atoms with Crippen molar-refractivity contribution in [3.05, 3.63) is 94.1 Å². The number of fused-ring (bicyclic) bond motifs is 4. The summed E-state index contributed by atoms with van der Waals surface area (Å²) in [6.45, 7) is 5.34. The van der Waals surface area contributed by atoms with Crippen LogP contribution in [0.4, 0.5) is 22.0 Å². The van der Waals surface area contributed by atoms with Crippen LogP contribution in [-0.2, 0) is 16.1 Å². The molecule has 1 amide bonds. The SMILES string of the molecule is CC12CC(c3ccc(CN4CCN(C(=O)c5ccccc5)CC4)cc3)C3=C4CCC(=O)C=C4CCC3C1CCC2OC(F)(F)C(F)(F)F. The zero-order chi connectivity index (χ0) is 33.8. The standard InChI is InChI=1S/C38H41F5N2O3/c1-36-22-31(25-9-7-24(8-10-25)23-44-17-19-45(20-18-44)35(47)26-5-3-2-4-6-26)34-29-14-12-28(46)21-27(29)11-13-30(34)32(36)15-16-33(36)48-38(42,43)37(39,40)41/h2-10,21,30-33H,11-20,22-23H2,1H3. The van der Waals surface area contributed by atoms with Crippen LogP contribution in [0, 0.1) is 17.3 Å². The van der Waals surface area contributed by atoms with E-state index in [1.807, 2.05) is 42.2 Å². The van der Waals surface area contributed by atoms with Crippen LogP contribution in [0.5, 0.6) is 0 Å². The first-order chi connectivity index (χ1) is 22.8. The number of ether oxygens (including phenoxy) is 1. The number of carbonyl (C=O) groups is 2. The third-order valence-electron chi connectivity index (χ3n) is 11.7. The number of ketones is 1. The maximum Gasteiger partial charge on any atom is 0.482 e. The smallest absolute Gasteiger partial charge is 0.336 e. The number of alkyl halides is 5. The Morgan fingerprint density at radius 2 is 1.60 bits per heavy atom. The van der Waals surface area contributed by atoms with Crippen LogP contribution in [0.3, 0.4) is 0 Å². The summed E-state index contributed by atoms with van der Waals surface area (Å²) in [5.41, 5.74) is 5.43. The lowest BCUT2D eigenvalue weighted by Gasteiger charge is -2.52. The molecule has 10 heteroatoms. The van der Waals surface area contributed by atoms with E-state index in [-0.39, 0.29) is 35.9 Å². The molecule has 0 radical (unpaired) electrons. The average Bonchev–Trinajstić information content (AvgIpc) is 3.39. The Bertz CT molecular complexity index is 1610. The highest BCUT2D eigenvalue weighted by Gasteiger charge is 2.65. The van der Waals surface area contributed by atoms with Crippen LogP contribution in [0.25, 0.3) is 0 Å². The maximum atomic E-state index is 14.3. The van der Waals surface area contributed by atoms with Crippen LogP contribution < -0.4 is 0 Å². The number of rotatable bonds is 6. The normalized spacial score (nSPS) is 29.7. The Balaban J connectivity index is 1.12. The predicted molar refractivity (Wildman–Crippen MR) is 170 cm³/mol. The molecular weight excluding hydrogens is 627 g/mol. The molecule has 48 heavy (non-hydrogen) atoms. The van der Waals surface area contributed by atoms with Gasteiger partial charge in [0.2, 0.25) is 0 Å². The number of benzene rings is 2. The van der Waals surface area contributed by atoms with Gasteiger partial charge < -0.3 is 9.64 Å². The number of hydrogen-bond donors (Lipinski definition) is 0. The molecule has 1 heterocycles. The van der Waals surface area contributed by atoms with Crippen molar-refractivity contribution in [3.8, 4) is 0 Å². The molecule has 0 N–H and O–H groups in total. The molecule has 5 atom stereocenters. The number of piperazine rings is 1. The quantitative estimate of drug-likeness (QED) is 0.292. The minimum atomic E-state index is -5.78. The van der Waals surface area contributed by atoms with Crippen molar-refractivity contribution in [2.45, 2.75) is 82.7 Å². The lowest BCUT2D eigenvalue weighted by atomic mass is 9.53. The predicted octanol–water partition coefficient (Wildman–Crippen LogP) is 8.08. The summed E-state index contributed by atoms with van der Waals surface area (Å²) in [5.74, 6) is -0.0542. The monoisotopic (exact) mass is 668 g/mol. The number of halogens is 5. The van der Waals surface area contributed by atoms with Crippen LogP contribution in [0.2, 0.25) is 0 Å². The van der Waals surface area contributed by atoms with E-state index in [4.69, 9.17) is 4.74 Å². The molecule has 256 valence electrons. The van der Waals surface area contributed by atoms with Gasteiger partial charge in [-0.2, -0.15) is 22.0 Å². The summed E-state index contributed by atoms with van der Waals surface area (Å²) >= 11 is 0. The van der Waals surface area contributed by atoms with Gasteiger partial charge in [-0.15, -0.1) is 0 Å². The van der Waals surface area contributed by atoms with E-state index in [9.17, 15) is 31.5 Å². The second-order valence-electron chi connectivity index (χ2n) is 14.5. The van der Waals surface area contributed by atoms with Gasteiger partial charge in [-0.05, 0) is 96.3 Å². The fourth-order valence-electron chi connectivity index (χ4n) is 9.34. The molecular formula is C38H41F5N2O3. The van der Waals surface area contributed by atoms with Crippen molar-refractivity contribution in [1.29, 1.82) is 0 Å². The van der Waals surface area contributed by atoms with E-state index >= 15 is 0 Å². The first-order valence-electron chi connectivity index (χ1n) is 17.1. The highest BCUT2D eigenvalue weighted by molar-refractivity contribution is 5.94. The molecule has 4 aliphatic carbocycles. The first-order valence-corrected chi connectivity index (χ1v) is 17.1. The summed E-state index contributed by atoms with van der Waals surface area (Å²) in [4.78, 5) is 29.4. The zero-order valence-electron chi connectivity index (χ0n) is 27.1. The second-order valence-corrected chi connectivity index (χ2v) is 14.5. The molecule has 5 unspecified atom stereocenters. The van der Waals surface area contributed by atoms with Crippen molar-refractivity contribution in [3.63, 3.8) is 0 Å². The van der Waals surface area contributed by atoms with E-state index in [2.05, 4.69) is 29.2 Å². The van der Waals surface area contributed by atoms with Gasteiger partial charge in [-0.3, -0.25) is 14.5 Å². The Morgan fingerprint density at radius 3 is 2.29 bits per heavy atom. The minimum absolute atomic E-state index is 0.0387. The molecule has 3 fully saturated rings. The van der Waals surface area contributed by atoms with E-state index in [0.29, 0.717) is 57.3 Å². The van der Waals surface area contributed by atoms with Gasteiger partial charge in [-0.25, -0.2) is 0 Å². The summed E-state index contributed by atoms with van der Waals surface area (Å²) in [5, 5.41) is 0. The Morgan fingerprint density at radius 1 is 0.896 bits per heavy atom. The third kappa shape index (κ3) is 6.04. The number of carbonyl (C=O) groups excluding carboxylic acids is 2. The minimum Gasteiger partial charge on any atom is -0.336 e. The molecule has 1 aliphatic heterocycles. The zero-order valence-corrected chi connectivity index (χ0v) is 27.1. The van der Waals surface area contributed by atoms with E-state index in [1.54, 1.807) is 6.08 Å². The van der Waals surface area contributed by atoms with Gasteiger partial charge in [-0.1, -0.05) is 55.0 Å². The molecule has 1 saturated heterocycles. The molecule has 0 spiro atoms. The summed E-state index contributed by atoms with van der Waals surface area (Å²) < 4.78 is 73.0. The second kappa shape index (κ2) is 12.5. The van der Waals surface area contributed by atoms with E-state index in [1.165, 1.54) is 11.1 Å². The van der Waals surface area contributed by atoms with Crippen molar-refractivity contribution >= 4 is 11.7 Å². The van der Waals surface area contributed by atoms with Gasteiger partial charge in [0.1, 0.15) is 0 Å². The Labute approximate surface area is 277 Å². The largest absolute Gasteiger partial charge is 0.482 e. The fourth-order valence-corrected chi connectivity index (χ4v) is 9.34. The Kier molecular flexibility index (Phi) is 8.63. The molecule has 0 bridgehead atoms. The summed E-state index contributed by atoms with van der Waals surface area (Å²) in [6.07, 6.45) is -6.83. The highest BCUT2D eigenvalue weighted by atomic mass is 19.4. The van der Waals surface area contributed by atoms with Gasteiger partial charge in [0.25, 0.3) is 5.91 Å². The summed E-state index contributed by atoms with van der Waals surface area (Å²) in [7, 11) is 0. The number of allylic oxidation sites excluding steroid dienone is 4. The fraction of sp³-hybridized carbons (Fsp3) is 0.526. The number of hydrogen-bond acceptors (Lipinski definition) is 4. The first kappa shape index (κ1) is 33.1. The van der Waals surface area contributed by atoms with Crippen LogP contribution in [0.15, 0.2) is 77.4 Å². The molecule has 2 saturated carbocycles. The van der Waals surface area contributed by atoms with Crippen LogP contribution in [-0.4, -0.2) is 66.1 Å². The van der Waals surface area contributed by atoms with Gasteiger partial charge in [0.05, 0.1) is 6.10 Å².